The van der Waals surface area contributed by atoms with Crippen LogP contribution in [0.5, 0.6) is 0 Å². The monoisotopic (exact) mass is 191 g/mol. The first-order valence-electron chi connectivity index (χ1n) is 2.55. The standard InChI is InChI=1S/C5H11NS2.Ca.2H/c1-4(2)3-8-5(6)7;;;/h4H,3H2,1-2H3,(H2,6,7);;;. The van der Waals surface area contributed by atoms with Crippen molar-refractivity contribution in [2.45, 2.75) is 13.8 Å². The first-order valence-corrected chi connectivity index (χ1v) is 3.94. The van der Waals surface area contributed by atoms with Crippen molar-refractivity contribution < 1.29 is 0 Å². The first-order chi connectivity index (χ1) is 3.63. The summed E-state index contributed by atoms with van der Waals surface area (Å²) in [5.74, 6) is 1.72. The summed E-state index contributed by atoms with van der Waals surface area (Å²) in [6.45, 7) is 4.29. The zero-order valence-electron chi connectivity index (χ0n) is 5.18. The zero-order valence-corrected chi connectivity index (χ0v) is 6.81. The summed E-state index contributed by atoms with van der Waals surface area (Å²) in [5, 5.41) is 0. The average Bonchev–Trinajstić information content (AvgIpc) is 1.61. The molecular formula is C5H13CaNS2. The minimum atomic E-state index is 0. The Balaban J connectivity index is 0. The van der Waals surface area contributed by atoms with Gasteiger partial charge in [-0.05, 0) is 5.92 Å². The molecule has 0 rings (SSSR count). The summed E-state index contributed by atoms with van der Waals surface area (Å²) in [5.41, 5.74) is 5.24. The van der Waals surface area contributed by atoms with Crippen molar-refractivity contribution in [3.05, 3.63) is 0 Å². The fourth-order valence-electron chi connectivity index (χ4n) is 0.249. The maximum absolute atomic E-state index is 5.24. The number of thiocarbonyl (C=S) groups is 1. The van der Waals surface area contributed by atoms with Crippen LogP contribution in [0.15, 0.2) is 0 Å². The van der Waals surface area contributed by atoms with Gasteiger partial charge in [0.2, 0.25) is 0 Å². The molecule has 0 aromatic heterocycles. The Labute approximate surface area is 96.1 Å². The number of rotatable bonds is 2. The van der Waals surface area contributed by atoms with Crippen molar-refractivity contribution in [2.24, 2.45) is 11.7 Å². The molecule has 0 radical (unpaired) electrons. The first kappa shape index (κ1) is 13.1. The Morgan fingerprint density at radius 1 is 1.67 bits per heavy atom. The topological polar surface area (TPSA) is 26.0 Å². The van der Waals surface area contributed by atoms with Crippen LogP contribution in [0, 0.1) is 5.92 Å². The molecule has 0 fully saturated rings. The van der Waals surface area contributed by atoms with Crippen LogP contribution in [-0.4, -0.2) is 47.8 Å². The average molecular weight is 191 g/mol. The molecule has 0 aromatic carbocycles. The molecule has 9 heavy (non-hydrogen) atoms. The molecule has 2 N–H and O–H groups in total. The van der Waals surface area contributed by atoms with Crippen LogP contribution in [0.3, 0.4) is 0 Å². The van der Waals surface area contributed by atoms with Crippen LogP contribution in [0.1, 0.15) is 13.8 Å². The van der Waals surface area contributed by atoms with E-state index in [1.165, 1.54) is 0 Å². The summed E-state index contributed by atoms with van der Waals surface area (Å²) >= 11 is 6.20. The van der Waals surface area contributed by atoms with Gasteiger partial charge in [0.1, 0.15) is 4.32 Å². The fraction of sp³-hybridized carbons (Fsp3) is 0.800. The molecule has 0 aliphatic rings. The molecular weight excluding hydrogens is 178 g/mol. The molecule has 0 aliphatic heterocycles. The molecule has 0 bridgehead atoms. The number of nitrogens with two attached hydrogens (primary N) is 1. The molecule has 0 spiro atoms. The van der Waals surface area contributed by atoms with Crippen molar-refractivity contribution >= 4 is 66.0 Å². The van der Waals surface area contributed by atoms with E-state index in [2.05, 4.69) is 26.1 Å². The minimum absolute atomic E-state index is 0. The van der Waals surface area contributed by atoms with Gasteiger partial charge >= 0.3 is 37.7 Å². The van der Waals surface area contributed by atoms with Crippen LogP contribution >= 0.6 is 24.0 Å². The van der Waals surface area contributed by atoms with Crippen LogP contribution in [-0.2, 0) is 0 Å². The Kier molecular flexibility index (Phi) is 11.1. The van der Waals surface area contributed by atoms with Gasteiger partial charge in [-0.25, -0.2) is 0 Å². The van der Waals surface area contributed by atoms with Gasteiger partial charge in [0.15, 0.2) is 0 Å². The summed E-state index contributed by atoms with van der Waals surface area (Å²) in [6, 6.07) is 0. The Morgan fingerprint density at radius 2 is 2.11 bits per heavy atom. The van der Waals surface area contributed by atoms with E-state index >= 15 is 0 Å². The SMILES string of the molecule is CC(C)CSC(N)=S.[CaH2]. The molecule has 0 heterocycles. The predicted octanol–water partition coefficient (Wildman–Crippen LogP) is 0.703. The van der Waals surface area contributed by atoms with Crippen LogP contribution in [0.25, 0.3) is 0 Å². The second kappa shape index (κ2) is 7.61. The van der Waals surface area contributed by atoms with E-state index in [1.54, 1.807) is 11.8 Å². The molecule has 0 unspecified atom stereocenters. The van der Waals surface area contributed by atoms with Crippen molar-refractivity contribution in [2.75, 3.05) is 5.75 Å². The van der Waals surface area contributed by atoms with Gasteiger partial charge in [-0.15, -0.1) is 0 Å². The van der Waals surface area contributed by atoms with E-state index in [0.29, 0.717) is 10.2 Å². The van der Waals surface area contributed by atoms with Gasteiger partial charge in [-0.3, -0.25) is 0 Å². The van der Waals surface area contributed by atoms with Crippen LogP contribution < -0.4 is 5.73 Å². The van der Waals surface area contributed by atoms with Crippen LogP contribution in [0.4, 0.5) is 0 Å². The number of thioether (sulfide) groups is 1. The van der Waals surface area contributed by atoms with E-state index in [9.17, 15) is 0 Å². The Bertz CT molecular complexity index is 85.0. The van der Waals surface area contributed by atoms with Crippen molar-refractivity contribution in [3.8, 4) is 0 Å². The molecule has 1 nitrogen and oxygen atoms in total. The quantitative estimate of drug-likeness (QED) is 0.514. The van der Waals surface area contributed by atoms with Crippen molar-refractivity contribution in [3.63, 3.8) is 0 Å². The van der Waals surface area contributed by atoms with E-state index in [0.717, 1.165) is 5.75 Å². The molecule has 52 valence electrons. The van der Waals surface area contributed by atoms with Crippen molar-refractivity contribution in [1.82, 2.24) is 0 Å². The van der Waals surface area contributed by atoms with E-state index in [1.807, 2.05) is 0 Å². The second-order valence-corrected chi connectivity index (χ2v) is 3.78. The fourth-order valence-corrected chi connectivity index (χ4v) is 0.951. The van der Waals surface area contributed by atoms with Gasteiger partial charge in [0.05, 0.1) is 0 Å². The molecule has 0 atom stereocenters. The van der Waals surface area contributed by atoms with E-state index in [-0.39, 0.29) is 37.7 Å². The van der Waals surface area contributed by atoms with E-state index in [4.69, 9.17) is 5.73 Å². The molecule has 0 saturated heterocycles. The van der Waals surface area contributed by atoms with Gasteiger partial charge in [0.25, 0.3) is 0 Å². The third-order valence-corrected chi connectivity index (χ3v) is 2.03. The summed E-state index contributed by atoms with van der Waals surface area (Å²) in [6.07, 6.45) is 0. The van der Waals surface area contributed by atoms with E-state index < -0.39 is 0 Å². The zero-order chi connectivity index (χ0) is 6.57. The maximum atomic E-state index is 5.24. The normalized spacial score (nSPS) is 8.78. The Morgan fingerprint density at radius 3 is 2.22 bits per heavy atom. The summed E-state index contributed by atoms with van der Waals surface area (Å²) < 4.78 is 0.554. The molecule has 4 heteroatoms. The molecule has 0 aromatic rings. The second-order valence-electron chi connectivity index (χ2n) is 2.02. The van der Waals surface area contributed by atoms with Gasteiger partial charge < -0.3 is 5.73 Å². The van der Waals surface area contributed by atoms with Crippen molar-refractivity contribution in [1.29, 1.82) is 0 Å². The van der Waals surface area contributed by atoms with Crippen LogP contribution in [0.2, 0.25) is 0 Å². The molecule has 0 saturated carbocycles. The number of hydrogen-bond donors (Lipinski definition) is 1. The Hall–Kier alpha value is 1.50. The van der Waals surface area contributed by atoms with Gasteiger partial charge in [0, 0.05) is 5.75 Å². The summed E-state index contributed by atoms with van der Waals surface area (Å²) in [7, 11) is 0. The number of hydrogen-bond acceptors (Lipinski definition) is 2. The van der Waals surface area contributed by atoms with Gasteiger partial charge in [-0.1, -0.05) is 37.8 Å². The molecule has 0 amide bonds. The van der Waals surface area contributed by atoms with Gasteiger partial charge in [-0.2, -0.15) is 0 Å². The molecule has 0 aliphatic carbocycles. The summed E-state index contributed by atoms with van der Waals surface area (Å²) in [4.78, 5) is 0. The third kappa shape index (κ3) is 12.6. The predicted molar refractivity (Wildman–Crippen MR) is 52.6 cm³/mol. The third-order valence-electron chi connectivity index (χ3n) is 0.559.